The summed E-state index contributed by atoms with van der Waals surface area (Å²) in [7, 11) is -3.52. The molecule has 0 radical (unpaired) electrons. The van der Waals surface area contributed by atoms with Gasteiger partial charge in [-0.3, -0.25) is 4.79 Å². The molecule has 1 aliphatic rings. The summed E-state index contributed by atoms with van der Waals surface area (Å²) in [6.45, 7) is 2.04. The Hall–Kier alpha value is -1.83. The highest BCUT2D eigenvalue weighted by Crippen LogP contribution is 2.38. The average molecular weight is 405 g/mol. The molecule has 7 heteroatoms. The van der Waals surface area contributed by atoms with Crippen molar-refractivity contribution in [3.63, 3.8) is 0 Å². The first-order valence-corrected chi connectivity index (χ1v) is 11.5. The van der Waals surface area contributed by atoms with E-state index in [1.54, 1.807) is 6.92 Å². The van der Waals surface area contributed by atoms with Crippen molar-refractivity contribution in [2.75, 3.05) is 11.9 Å². The standard InChI is InChI=1S/C20H24N2O3S2/c1-2-21-27(24,25)17-13-11-15(12-14-17)20(23)22-18-9-5-6-10-19(18)26-16-7-3-4-8-16/h5-6,9-14,16,21H,2-4,7-8H2,1H3,(H,22,23). The van der Waals surface area contributed by atoms with Gasteiger partial charge in [0.05, 0.1) is 10.6 Å². The number of thioether (sulfide) groups is 1. The number of sulfonamides is 1. The average Bonchev–Trinajstić information content (AvgIpc) is 3.16. The number of nitrogens with one attached hydrogen (secondary N) is 2. The largest absolute Gasteiger partial charge is 0.321 e. The molecule has 1 aliphatic carbocycles. The van der Waals surface area contributed by atoms with Crippen molar-refractivity contribution < 1.29 is 13.2 Å². The van der Waals surface area contributed by atoms with Crippen molar-refractivity contribution in [3.8, 4) is 0 Å². The lowest BCUT2D eigenvalue weighted by atomic mass is 10.2. The van der Waals surface area contributed by atoms with Crippen LogP contribution in [0.15, 0.2) is 58.3 Å². The van der Waals surface area contributed by atoms with E-state index in [2.05, 4.69) is 10.0 Å². The Bertz CT molecular complexity index is 890. The minimum atomic E-state index is -3.52. The number of rotatable bonds is 7. The zero-order chi connectivity index (χ0) is 19.3. The van der Waals surface area contributed by atoms with Gasteiger partial charge in [0, 0.05) is 22.3 Å². The van der Waals surface area contributed by atoms with Crippen LogP contribution in [0, 0.1) is 0 Å². The van der Waals surface area contributed by atoms with Crippen LogP contribution < -0.4 is 10.0 Å². The third kappa shape index (κ3) is 5.12. The highest BCUT2D eigenvalue weighted by atomic mass is 32.2. The molecule has 5 nitrogen and oxygen atoms in total. The van der Waals surface area contributed by atoms with Crippen molar-refractivity contribution in [1.82, 2.24) is 4.72 Å². The molecule has 2 aromatic rings. The molecule has 2 N–H and O–H groups in total. The molecule has 1 fully saturated rings. The van der Waals surface area contributed by atoms with Crippen LogP contribution in [0.25, 0.3) is 0 Å². The fourth-order valence-corrected chi connectivity index (χ4v) is 5.48. The Morgan fingerprint density at radius 1 is 1.07 bits per heavy atom. The Morgan fingerprint density at radius 2 is 1.74 bits per heavy atom. The van der Waals surface area contributed by atoms with Crippen LogP contribution in [0.3, 0.4) is 0 Å². The van der Waals surface area contributed by atoms with Gasteiger partial charge in [0.2, 0.25) is 10.0 Å². The molecule has 144 valence electrons. The van der Waals surface area contributed by atoms with Crippen molar-refractivity contribution in [1.29, 1.82) is 0 Å². The van der Waals surface area contributed by atoms with E-state index in [-0.39, 0.29) is 10.8 Å². The maximum absolute atomic E-state index is 12.6. The first-order chi connectivity index (χ1) is 13.0. The summed E-state index contributed by atoms with van der Waals surface area (Å²) < 4.78 is 26.4. The summed E-state index contributed by atoms with van der Waals surface area (Å²) in [6, 6.07) is 13.8. The van der Waals surface area contributed by atoms with Crippen molar-refractivity contribution in [2.24, 2.45) is 0 Å². The molecular formula is C20H24N2O3S2. The van der Waals surface area contributed by atoms with E-state index in [4.69, 9.17) is 0 Å². The van der Waals surface area contributed by atoms with Gasteiger partial charge >= 0.3 is 0 Å². The molecule has 0 aromatic heterocycles. The maximum atomic E-state index is 12.6. The van der Waals surface area contributed by atoms with Crippen LogP contribution in [0.1, 0.15) is 43.0 Å². The van der Waals surface area contributed by atoms with Crippen molar-refractivity contribution in [3.05, 3.63) is 54.1 Å². The molecule has 27 heavy (non-hydrogen) atoms. The van der Waals surface area contributed by atoms with Crippen LogP contribution in [-0.4, -0.2) is 26.1 Å². The first kappa shape index (κ1) is 19.9. The quantitative estimate of drug-likeness (QED) is 0.723. The van der Waals surface area contributed by atoms with Crippen LogP contribution in [-0.2, 0) is 10.0 Å². The van der Waals surface area contributed by atoms with Gasteiger partial charge in [0.15, 0.2) is 0 Å². The summed E-state index contributed by atoms with van der Waals surface area (Å²) in [6.07, 6.45) is 4.98. The third-order valence-electron chi connectivity index (χ3n) is 4.49. The second-order valence-corrected chi connectivity index (χ2v) is 9.61. The van der Waals surface area contributed by atoms with E-state index >= 15 is 0 Å². The molecule has 0 aliphatic heterocycles. The lowest BCUT2D eigenvalue weighted by molar-refractivity contribution is 0.102. The topological polar surface area (TPSA) is 75.3 Å². The van der Waals surface area contributed by atoms with Crippen LogP contribution in [0.4, 0.5) is 5.69 Å². The highest BCUT2D eigenvalue weighted by Gasteiger charge is 2.19. The van der Waals surface area contributed by atoms with E-state index < -0.39 is 10.0 Å². The fourth-order valence-electron chi connectivity index (χ4n) is 3.11. The smallest absolute Gasteiger partial charge is 0.255 e. The minimum Gasteiger partial charge on any atom is -0.321 e. The zero-order valence-corrected chi connectivity index (χ0v) is 16.9. The molecule has 0 unspecified atom stereocenters. The Kier molecular flexibility index (Phi) is 6.57. The third-order valence-corrected chi connectivity index (χ3v) is 7.47. The van der Waals surface area contributed by atoms with Gasteiger partial charge in [-0.1, -0.05) is 31.9 Å². The maximum Gasteiger partial charge on any atom is 0.255 e. The zero-order valence-electron chi connectivity index (χ0n) is 15.3. The van der Waals surface area contributed by atoms with Crippen LogP contribution >= 0.6 is 11.8 Å². The molecule has 0 bridgehead atoms. The molecule has 0 spiro atoms. The summed E-state index contributed by atoms with van der Waals surface area (Å²) >= 11 is 1.82. The van der Waals surface area contributed by atoms with Gasteiger partial charge in [-0.05, 0) is 49.2 Å². The second-order valence-electron chi connectivity index (χ2n) is 6.50. The fraction of sp³-hybridized carbons (Fsp3) is 0.350. The van der Waals surface area contributed by atoms with E-state index in [1.165, 1.54) is 49.9 Å². The molecule has 1 saturated carbocycles. The van der Waals surface area contributed by atoms with Gasteiger partial charge in [-0.25, -0.2) is 13.1 Å². The molecule has 0 atom stereocenters. The second kappa shape index (κ2) is 8.91. The van der Waals surface area contributed by atoms with Crippen LogP contribution in [0.5, 0.6) is 0 Å². The predicted molar refractivity (Wildman–Crippen MR) is 110 cm³/mol. The first-order valence-electron chi connectivity index (χ1n) is 9.16. The van der Waals surface area contributed by atoms with Gasteiger partial charge in [0.1, 0.15) is 0 Å². The van der Waals surface area contributed by atoms with Crippen LogP contribution in [0.2, 0.25) is 0 Å². The molecule has 0 saturated heterocycles. The van der Waals surface area contributed by atoms with Gasteiger partial charge in [-0.2, -0.15) is 0 Å². The number of hydrogen-bond donors (Lipinski definition) is 2. The minimum absolute atomic E-state index is 0.151. The SMILES string of the molecule is CCNS(=O)(=O)c1ccc(C(=O)Nc2ccccc2SC2CCCC2)cc1. The normalized spacial score (nSPS) is 15.0. The summed E-state index contributed by atoms with van der Waals surface area (Å²) in [5.74, 6) is -0.248. The number of carbonyl (C=O) groups excluding carboxylic acids is 1. The van der Waals surface area contributed by atoms with Crippen molar-refractivity contribution >= 4 is 33.4 Å². The molecule has 1 amide bonds. The van der Waals surface area contributed by atoms with E-state index in [9.17, 15) is 13.2 Å². The highest BCUT2D eigenvalue weighted by molar-refractivity contribution is 8.00. The van der Waals surface area contributed by atoms with E-state index in [1.807, 2.05) is 36.0 Å². The number of anilines is 1. The molecular weight excluding hydrogens is 380 g/mol. The summed E-state index contributed by atoms with van der Waals surface area (Å²) in [5.41, 5.74) is 1.22. The predicted octanol–water partition coefficient (Wildman–Crippen LogP) is 4.27. The Balaban J connectivity index is 1.72. The van der Waals surface area contributed by atoms with Gasteiger partial charge in [0.25, 0.3) is 5.91 Å². The molecule has 2 aromatic carbocycles. The number of para-hydroxylation sites is 1. The lowest BCUT2D eigenvalue weighted by Crippen LogP contribution is -2.23. The molecule has 0 heterocycles. The Morgan fingerprint density at radius 3 is 2.41 bits per heavy atom. The van der Waals surface area contributed by atoms with Crippen molar-refractivity contribution in [2.45, 2.75) is 47.6 Å². The monoisotopic (exact) mass is 404 g/mol. The number of hydrogen-bond acceptors (Lipinski definition) is 4. The van der Waals surface area contributed by atoms with E-state index in [0.29, 0.717) is 17.4 Å². The number of benzene rings is 2. The number of carbonyl (C=O) groups is 1. The summed E-state index contributed by atoms with van der Waals surface area (Å²) in [4.78, 5) is 13.8. The Labute approximate surface area is 165 Å². The molecule has 3 rings (SSSR count). The summed E-state index contributed by atoms with van der Waals surface area (Å²) in [5, 5.41) is 3.57. The van der Waals surface area contributed by atoms with E-state index in [0.717, 1.165) is 10.6 Å². The van der Waals surface area contributed by atoms with Gasteiger partial charge in [-0.15, -0.1) is 11.8 Å². The van der Waals surface area contributed by atoms with Gasteiger partial charge < -0.3 is 5.32 Å². The lowest BCUT2D eigenvalue weighted by Gasteiger charge is -2.14. The number of amides is 1.